The maximum Gasteiger partial charge on any atom is 0.277 e. The average Bonchev–Trinajstić information content (AvgIpc) is 2.94. The number of rotatable bonds is 6. The minimum absolute atomic E-state index is 0.0302. The van der Waals surface area contributed by atoms with E-state index in [0.29, 0.717) is 23.6 Å². The van der Waals surface area contributed by atoms with E-state index in [-0.39, 0.29) is 11.2 Å². The van der Waals surface area contributed by atoms with E-state index in [1.807, 2.05) is 6.92 Å². The van der Waals surface area contributed by atoms with Crippen LogP contribution in [-0.2, 0) is 4.79 Å². The molecule has 112 valence electrons. The third-order valence-corrected chi connectivity index (χ3v) is 3.60. The highest BCUT2D eigenvalue weighted by molar-refractivity contribution is 8.00. The van der Waals surface area contributed by atoms with Crippen LogP contribution in [0, 0.1) is 5.92 Å². The number of nitrogens with zero attached hydrogens (tertiary/aromatic N) is 3. The number of thioether (sulfide) groups is 1. The van der Waals surface area contributed by atoms with Gasteiger partial charge in [0.15, 0.2) is 0 Å². The van der Waals surface area contributed by atoms with Crippen molar-refractivity contribution in [2.75, 3.05) is 6.54 Å². The van der Waals surface area contributed by atoms with E-state index in [1.54, 1.807) is 24.5 Å². The van der Waals surface area contributed by atoms with Gasteiger partial charge in [-0.15, -0.1) is 10.2 Å². The van der Waals surface area contributed by atoms with Crippen molar-refractivity contribution in [3.63, 3.8) is 0 Å². The number of aromatic nitrogens is 3. The largest absolute Gasteiger partial charge is 0.411 e. The summed E-state index contributed by atoms with van der Waals surface area (Å²) in [5.41, 5.74) is 0.807. The fourth-order valence-corrected chi connectivity index (χ4v) is 2.23. The van der Waals surface area contributed by atoms with E-state index in [9.17, 15) is 4.79 Å². The Morgan fingerprint density at radius 2 is 2.00 bits per heavy atom. The van der Waals surface area contributed by atoms with E-state index >= 15 is 0 Å². The molecule has 1 N–H and O–H groups in total. The Bertz CT molecular complexity index is 586. The SMILES string of the molecule is CC(C)CNC(=O)C(C)Sc1nnc(-c2ccncc2)o1. The van der Waals surface area contributed by atoms with Crippen LogP contribution in [0.5, 0.6) is 0 Å². The number of pyridine rings is 1. The van der Waals surface area contributed by atoms with Gasteiger partial charge in [-0.25, -0.2) is 0 Å². The van der Waals surface area contributed by atoms with Gasteiger partial charge >= 0.3 is 0 Å². The van der Waals surface area contributed by atoms with Crippen LogP contribution in [0.1, 0.15) is 20.8 Å². The van der Waals surface area contributed by atoms with Crippen LogP contribution in [0.25, 0.3) is 11.5 Å². The molecule has 7 heteroatoms. The normalized spacial score (nSPS) is 12.4. The number of nitrogens with one attached hydrogen (secondary N) is 1. The Morgan fingerprint density at radius 1 is 1.29 bits per heavy atom. The fraction of sp³-hybridized carbons (Fsp3) is 0.429. The van der Waals surface area contributed by atoms with Crippen LogP contribution in [0.4, 0.5) is 0 Å². The molecule has 0 saturated carbocycles. The molecule has 2 aromatic heterocycles. The third kappa shape index (κ3) is 4.56. The molecule has 21 heavy (non-hydrogen) atoms. The molecule has 1 unspecified atom stereocenters. The van der Waals surface area contributed by atoms with Gasteiger partial charge in [-0.2, -0.15) is 0 Å². The zero-order valence-corrected chi connectivity index (χ0v) is 13.1. The molecule has 0 radical (unpaired) electrons. The Balaban J connectivity index is 1.95. The Hall–Kier alpha value is -1.89. The molecule has 0 aliphatic rings. The fourth-order valence-electron chi connectivity index (χ4n) is 1.52. The number of hydrogen-bond acceptors (Lipinski definition) is 6. The summed E-state index contributed by atoms with van der Waals surface area (Å²) in [4.78, 5) is 15.8. The smallest absolute Gasteiger partial charge is 0.277 e. The van der Waals surface area contributed by atoms with Gasteiger partial charge in [-0.1, -0.05) is 25.6 Å². The number of amides is 1. The standard InChI is InChI=1S/C14H18N4O2S/c1-9(2)8-16-12(19)10(3)21-14-18-17-13(20-14)11-4-6-15-7-5-11/h4-7,9-10H,8H2,1-3H3,(H,16,19). The number of carbonyl (C=O) groups is 1. The van der Waals surface area contributed by atoms with Gasteiger partial charge in [0, 0.05) is 24.5 Å². The molecule has 2 aromatic rings. The van der Waals surface area contributed by atoms with Gasteiger partial charge in [0.2, 0.25) is 11.8 Å². The quantitative estimate of drug-likeness (QED) is 0.825. The lowest BCUT2D eigenvalue weighted by molar-refractivity contribution is -0.120. The van der Waals surface area contributed by atoms with Crippen LogP contribution in [-0.4, -0.2) is 32.9 Å². The molecule has 0 saturated heterocycles. The first kappa shape index (κ1) is 15.5. The molecule has 2 rings (SSSR count). The van der Waals surface area contributed by atoms with Crippen LogP contribution >= 0.6 is 11.8 Å². The molecule has 0 fully saturated rings. The van der Waals surface area contributed by atoms with Gasteiger partial charge < -0.3 is 9.73 Å². The summed E-state index contributed by atoms with van der Waals surface area (Å²) in [5, 5.41) is 10.9. The van der Waals surface area contributed by atoms with Gasteiger partial charge in [0.05, 0.1) is 5.25 Å². The predicted molar refractivity (Wildman–Crippen MR) is 80.7 cm³/mol. The topological polar surface area (TPSA) is 80.9 Å². The highest BCUT2D eigenvalue weighted by Crippen LogP contribution is 2.25. The summed E-state index contributed by atoms with van der Waals surface area (Å²) in [6.45, 7) is 6.58. The first-order chi connectivity index (χ1) is 10.1. The number of carbonyl (C=O) groups excluding carboxylic acids is 1. The van der Waals surface area contributed by atoms with Crippen molar-refractivity contribution in [2.45, 2.75) is 31.2 Å². The molecule has 0 aliphatic carbocycles. The molecule has 0 aliphatic heterocycles. The predicted octanol–water partition coefficient (Wildman–Crippen LogP) is 2.38. The second-order valence-electron chi connectivity index (χ2n) is 5.01. The summed E-state index contributed by atoms with van der Waals surface area (Å²) >= 11 is 1.25. The Kier molecular flexibility index (Phi) is 5.32. The summed E-state index contributed by atoms with van der Waals surface area (Å²) in [7, 11) is 0. The second kappa shape index (κ2) is 7.21. The molecular weight excluding hydrogens is 288 g/mol. The van der Waals surface area contributed by atoms with Crippen LogP contribution in [0.15, 0.2) is 34.2 Å². The molecule has 0 bridgehead atoms. The van der Waals surface area contributed by atoms with Crippen molar-refractivity contribution in [2.24, 2.45) is 5.92 Å². The number of hydrogen-bond donors (Lipinski definition) is 1. The van der Waals surface area contributed by atoms with Crippen molar-refractivity contribution in [1.29, 1.82) is 0 Å². The van der Waals surface area contributed by atoms with Crippen LogP contribution in [0.2, 0.25) is 0 Å². The average molecular weight is 306 g/mol. The van der Waals surface area contributed by atoms with Gasteiger partial charge in [0.25, 0.3) is 5.22 Å². The van der Waals surface area contributed by atoms with E-state index in [1.165, 1.54) is 11.8 Å². The third-order valence-electron chi connectivity index (χ3n) is 2.67. The summed E-state index contributed by atoms with van der Waals surface area (Å²) < 4.78 is 5.55. The monoisotopic (exact) mass is 306 g/mol. The summed E-state index contributed by atoms with van der Waals surface area (Å²) in [6.07, 6.45) is 3.32. The maximum atomic E-state index is 11.9. The first-order valence-corrected chi connectivity index (χ1v) is 7.62. The first-order valence-electron chi connectivity index (χ1n) is 6.74. The molecule has 6 nitrogen and oxygen atoms in total. The zero-order valence-electron chi connectivity index (χ0n) is 12.2. The molecule has 1 atom stereocenters. The minimum Gasteiger partial charge on any atom is -0.411 e. The second-order valence-corrected chi connectivity index (χ2v) is 6.30. The van der Waals surface area contributed by atoms with Crippen molar-refractivity contribution < 1.29 is 9.21 Å². The van der Waals surface area contributed by atoms with Crippen molar-refractivity contribution in [1.82, 2.24) is 20.5 Å². The van der Waals surface area contributed by atoms with E-state index in [0.717, 1.165) is 5.56 Å². The van der Waals surface area contributed by atoms with Gasteiger partial charge in [0.1, 0.15) is 0 Å². The van der Waals surface area contributed by atoms with Gasteiger partial charge in [-0.05, 0) is 25.0 Å². The molecule has 0 aromatic carbocycles. The van der Waals surface area contributed by atoms with E-state index < -0.39 is 0 Å². The van der Waals surface area contributed by atoms with E-state index in [4.69, 9.17) is 4.42 Å². The van der Waals surface area contributed by atoms with Crippen molar-refractivity contribution in [3.05, 3.63) is 24.5 Å². The Labute approximate surface area is 127 Å². The van der Waals surface area contributed by atoms with E-state index in [2.05, 4.69) is 34.3 Å². The lowest BCUT2D eigenvalue weighted by atomic mass is 10.2. The van der Waals surface area contributed by atoms with Crippen molar-refractivity contribution >= 4 is 17.7 Å². The molecule has 2 heterocycles. The lowest BCUT2D eigenvalue weighted by Gasteiger charge is -2.11. The summed E-state index contributed by atoms with van der Waals surface area (Å²) in [6, 6.07) is 3.58. The molecular formula is C14H18N4O2S. The van der Waals surface area contributed by atoms with Gasteiger partial charge in [-0.3, -0.25) is 9.78 Å². The Morgan fingerprint density at radius 3 is 2.67 bits per heavy atom. The van der Waals surface area contributed by atoms with Crippen LogP contribution in [0.3, 0.4) is 0 Å². The summed E-state index contributed by atoms with van der Waals surface area (Å²) in [5.74, 6) is 0.819. The molecule has 1 amide bonds. The maximum absolute atomic E-state index is 11.9. The van der Waals surface area contributed by atoms with Crippen LogP contribution < -0.4 is 5.32 Å². The highest BCUT2D eigenvalue weighted by Gasteiger charge is 2.18. The zero-order chi connectivity index (χ0) is 15.2. The molecule has 0 spiro atoms. The minimum atomic E-state index is -0.283. The lowest BCUT2D eigenvalue weighted by Crippen LogP contribution is -2.33. The highest BCUT2D eigenvalue weighted by atomic mass is 32.2. The van der Waals surface area contributed by atoms with Crippen molar-refractivity contribution in [3.8, 4) is 11.5 Å².